The van der Waals surface area contributed by atoms with Gasteiger partial charge in [0.25, 0.3) is 0 Å². The molecule has 1 atom stereocenters. The molecule has 0 saturated carbocycles. The van der Waals surface area contributed by atoms with E-state index in [1.165, 1.54) is 43.4 Å². The number of nitrogens with zero attached hydrogens (tertiary/aromatic N) is 3. The summed E-state index contributed by atoms with van der Waals surface area (Å²) in [5, 5.41) is 0. The quantitative estimate of drug-likeness (QED) is 0.455. The van der Waals surface area contributed by atoms with Crippen LogP contribution in [0.25, 0.3) is 0 Å². The monoisotopic (exact) mass is 321 g/mol. The van der Waals surface area contributed by atoms with Gasteiger partial charge in [-0.05, 0) is 43.5 Å². The van der Waals surface area contributed by atoms with Gasteiger partial charge in [-0.15, -0.1) is 0 Å². The molecule has 0 aliphatic carbocycles. The van der Waals surface area contributed by atoms with E-state index in [0.29, 0.717) is 0 Å². The highest BCUT2D eigenvalue weighted by Gasteiger charge is 2.18. The van der Waals surface area contributed by atoms with Crippen molar-refractivity contribution in [1.29, 1.82) is 0 Å². The van der Waals surface area contributed by atoms with Gasteiger partial charge in [0, 0.05) is 49.6 Å². The largest absolute Gasteiger partial charge is 0.496 e. The lowest BCUT2D eigenvalue weighted by Crippen LogP contribution is -2.33. The normalized spacial score (nSPS) is 19.5. The molecule has 1 aliphatic rings. The minimum absolute atomic E-state index is 0.794. The van der Waals surface area contributed by atoms with Crippen molar-refractivity contribution in [3.8, 4) is 5.75 Å². The first kappa shape index (κ1) is 17.2. The summed E-state index contributed by atoms with van der Waals surface area (Å²) in [6, 6.07) is 6.32. The van der Waals surface area contributed by atoms with Crippen LogP contribution in [-0.2, 0) is 6.54 Å². The van der Waals surface area contributed by atoms with Crippen molar-refractivity contribution >= 4 is 18.3 Å². The van der Waals surface area contributed by atoms with Gasteiger partial charge in [0.05, 0.1) is 13.4 Å². The van der Waals surface area contributed by atoms with Gasteiger partial charge in [0.2, 0.25) is 0 Å². The smallest absolute Gasteiger partial charge is 0.123 e. The summed E-state index contributed by atoms with van der Waals surface area (Å²) in [4.78, 5) is 5.62. The molecular weight excluding hydrogens is 294 g/mol. The van der Waals surface area contributed by atoms with Crippen LogP contribution in [0.1, 0.15) is 25.3 Å². The van der Waals surface area contributed by atoms with E-state index in [9.17, 15) is 0 Å². The lowest BCUT2D eigenvalue weighted by atomic mass is 10.00. The number of benzene rings is 1. The molecule has 1 heterocycles. The predicted octanol–water partition coefficient (Wildman–Crippen LogP) is 3.52. The van der Waals surface area contributed by atoms with Crippen molar-refractivity contribution in [2.75, 3.05) is 34.3 Å². The summed E-state index contributed by atoms with van der Waals surface area (Å²) in [7, 11) is 5.69. The lowest BCUT2D eigenvalue weighted by molar-refractivity contribution is 0.175. The molecule has 5 heteroatoms. The second kappa shape index (κ2) is 8.44. The maximum atomic E-state index is 5.53. The van der Waals surface area contributed by atoms with Crippen LogP contribution >= 0.6 is 11.9 Å². The molecule has 22 heavy (non-hydrogen) atoms. The Labute approximate surface area is 138 Å². The predicted molar refractivity (Wildman–Crippen MR) is 94.7 cm³/mol. The second-order valence-corrected chi connectivity index (χ2v) is 7.10. The fraction of sp³-hybridized carbons (Fsp3) is 0.588. The van der Waals surface area contributed by atoms with E-state index < -0.39 is 0 Å². The highest BCUT2D eigenvalue weighted by Crippen LogP contribution is 2.28. The Bertz CT molecular complexity index is 505. The number of hydrogen-bond donors (Lipinski definition) is 0. The SMILES string of the molecule is COc1ccc(S/N=C/N(C)C)cc1CN1CCCC(C)C1. The van der Waals surface area contributed by atoms with Gasteiger partial charge in [-0.1, -0.05) is 6.92 Å². The Balaban J connectivity index is 2.07. The molecule has 0 amide bonds. The van der Waals surface area contributed by atoms with Crippen LogP contribution in [0.2, 0.25) is 0 Å². The Morgan fingerprint density at radius 2 is 2.27 bits per heavy atom. The Kier molecular flexibility index (Phi) is 6.58. The van der Waals surface area contributed by atoms with Gasteiger partial charge >= 0.3 is 0 Å². The van der Waals surface area contributed by atoms with E-state index in [4.69, 9.17) is 4.74 Å². The van der Waals surface area contributed by atoms with Crippen molar-refractivity contribution in [3.05, 3.63) is 23.8 Å². The minimum Gasteiger partial charge on any atom is -0.496 e. The Hall–Kier alpha value is -1.20. The van der Waals surface area contributed by atoms with Crippen molar-refractivity contribution in [2.45, 2.75) is 31.2 Å². The first-order valence-corrected chi connectivity index (χ1v) is 8.62. The third-order valence-corrected chi connectivity index (χ3v) is 4.49. The highest BCUT2D eigenvalue weighted by atomic mass is 32.2. The summed E-state index contributed by atoms with van der Waals surface area (Å²) < 4.78 is 9.89. The molecule has 2 rings (SSSR count). The van der Waals surface area contributed by atoms with E-state index in [1.807, 2.05) is 25.3 Å². The fourth-order valence-electron chi connectivity index (χ4n) is 2.79. The Morgan fingerprint density at radius 3 is 2.95 bits per heavy atom. The molecule has 4 nitrogen and oxygen atoms in total. The van der Waals surface area contributed by atoms with E-state index in [-0.39, 0.29) is 0 Å². The van der Waals surface area contributed by atoms with Crippen LogP contribution in [0.15, 0.2) is 27.5 Å². The maximum absolute atomic E-state index is 5.53. The number of piperidine rings is 1. The summed E-state index contributed by atoms with van der Waals surface area (Å²) >= 11 is 1.50. The molecule has 1 aliphatic heterocycles. The van der Waals surface area contributed by atoms with Crippen molar-refractivity contribution in [2.24, 2.45) is 10.3 Å². The first-order chi connectivity index (χ1) is 10.6. The van der Waals surface area contributed by atoms with Crippen LogP contribution in [0, 0.1) is 5.92 Å². The van der Waals surface area contributed by atoms with E-state index in [1.54, 1.807) is 7.11 Å². The van der Waals surface area contributed by atoms with Gasteiger partial charge < -0.3 is 9.64 Å². The molecule has 0 aromatic heterocycles. The van der Waals surface area contributed by atoms with Crippen LogP contribution in [0.5, 0.6) is 5.75 Å². The number of hydrogen-bond acceptors (Lipinski definition) is 4. The zero-order valence-electron chi connectivity index (χ0n) is 14.1. The molecule has 122 valence electrons. The molecule has 1 aromatic carbocycles. The highest BCUT2D eigenvalue weighted by molar-refractivity contribution is 7.98. The van der Waals surface area contributed by atoms with E-state index in [0.717, 1.165) is 23.1 Å². The van der Waals surface area contributed by atoms with Gasteiger partial charge in [0.1, 0.15) is 5.75 Å². The molecule has 1 unspecified atom stereocenters. The standard InChI is InChI=1S/C17H27N3OS/c1-14-6-5-9-20(11-14)12-15-10-16(7-8-17(15)21-4)22-18-13-19(2)3/h7-8,10,13-14H,5-6,9,11-12H2,1-4H3/b18-13+. The minimum atomic E-state index is 0.794. The maximum Gasteiger partial charge on any atom is 0.123 e. The van der Waals surface area contributed by atoms with Crippen molar-refractivity contribution < 1.29 is 4.74 Å². The van der Waals surface area contributed by atoms with Gasteiger partial charge in [-0.25, -0.2) is 4.40 Å². The number of likely N-dealkylation sites (tertiary alicyclic amines) is 1. The summed E-state index contributed by atoms with van der Waals surface area (Å²) in [5.41, 5.74) is 1.25. The molecule has 0 radical (unpaired) electrons. The summed E-state index contributed by atoms with van der Waals surface area (Å²) in [6.45, 7) is 5.66. The summed E-state index contributed by atoms with van der Waals surface area (Å²) in [6.07, 6.45) is 4.47. The molecule has 0 bridgehead atoms. The third-order valence-electron chi connectivity index (χ3n) is 3.82. The Morgan fingerprint density at radius 1 is 1.45 bits per heavy atom. The molecule has 0 spiro atoms. The zero-order valence-corrected chi connectivity index (χ0v) is 14.9. The van der Waals surface area contributed by atoms with E-state index >= 15 is 0 Å². The van der Waals surface area contributed by atoms with Crippen LogP contribution in [0.3, 0.4) is 0 Å². The molecule has 1 fully saturated rings. The van der Waals surface area contributed by atoms with Crippen molar-refractivity contribution in [3.63, 3.8) is 0 Å². The number of rotatable bonds is 6. The van der Waals surface area contributed by atoms with Crippen LogP contribution < -0.4 is 4.74 Å². The number of ether oxygens (including phenoxy) is 1. The average molecular weight is 321 g/mol. The van der Waals surface area contributed by atoms with Crippen LogP contribution in [0.4, 0.5) is 0 Å². The van der Waals surface area contributed by atoms with Crippen molar-refractivity contribution in [1.82, 2.24) is 9.80 Å². The van der Waals surface area contributed by atoms with Gasteiger partial charge in [-0.2, -0.15) is 0 Å². The van der Waals surface area contributed by atoms with E-state index in [2.05, 4.69) is 34.4 Å². The zero-order chi connectivity index (χ0) is 15.9. The first-order valence-electron chi connectivity index (χ1n) is 7.84. The third kappa shape index (κ3) is 5.21. The topological polar surface area (TPSA) is 28.1 Å². The molecule has 0 N–H and O–H groups in total. The van der Waals surface area contributed by atoms with Gasteiger partial charge in [0.15, 0.2) is 0 Å². The lowest BCUT2D eigenvalue weighted by Gasteiger charge is -2.31. The molecular formula is C17H27N3OS. The fourth-order valence-corrected chi connectivity index (χ4v) is 3.47. The summed E-state index contributed by atoms with van der Waals surface area (Å²) in [5.74, 6) is 1.76. The van der Waals surface area contributed by atoms with Gasteiger partial charge in [-0.3, -0.25) is 4.90 Å². The molecule has 1 aromatic rings. The second-order valence-electron chi connectivity index (χ2n) is 6.23. The number of methoxy groups -OCH3 is 1. The average Bonchev–Trinajstić information content (AvgIpc) is 2.47. The molecule has 1 saturated heterocycles. The van der Waals surface area contributed by atoms with Crippen LogP contribution in [-0.4, -0.2) is 50.4 Å².